The summed E-state index contributed by atoms with van der Waals surface area (Å²) in [5.41, 5.74) is 0. The van der Waals surface area contributed by atoms with Gasteiger partial charge in [0, 0.05) is 20.1 Å². The zero-order chi connectivity index (χ0) is 14.0. The van der Waals surface area contributed by atoms with Gasteiger partial charge in [0.15, 0.2) is 0 Å². The largest absolute Gasteiger partial charge is 0.324 e. The quantitative estimate of drug-likeness (QED) is 0.857. The van der Waals surface area contributed by atoms with E-state index in [1.807, 2.05) is 0 Å². The molecule has 0 aliphatic carbocycles. The molecular weight excluding hydrogens is 286 g/mol. The number of hydrogen-bond acceptors (Lipinski definition) is 3. The summed E-state index contributed by atoms with van der Waals surface area (Å²) < 4.78 is 27.9. The van der Waals surface area contributed by atoms with Gasteiger partial charge >= 0.3 is 0 Å². The smallest absolute Gasteiger partial charge is 0.263 e. The number of imidazole rings is 1. The van der Waals surface area contributed by atoms with E-state index >= 15 is 0 Å². The van der Waals surface area contributed by atoms with Crippen LogP contribution in [0.2, 0.25) is 5.15 Å². The molecule has 19 heavy (non-hydrogen) atoms. The predicted molar refractivity (Wildman–Crippen MR) is 74.6 cm³/mol. The first kappa shape index (κ1) is 14.8. The van der Waals surface area contributed by atoms with Gasteiger partial charge in [0.25, 0.3) is 10.0 Å². The molecule has 5 nitrogen and oxygen atoms in total. The lowest BCUT2D eigenvalue weighted by Gasteiger charge is -2.30. The van der Waals surface area contributed by atoms with Gasteiger partial charge in [-0.3, -0.25) is 0 Å². The van der Waals surface area contributed by atoms with Crippen LogP contribution >= 0.6 is 11.6 Å². The van der Waals surface area contributed by atoms with E-state index in [4.69, 9.17) is 11.6 Å². The minimum atomic E-state index is -3.54. The van der Waals surface area contributed by atoms with Gasteiger partial charge in [-0.25, -0.2) is 13.4 Å². The average Bonchev–Trinajstić information content (AvgIpc) is 2.72. The lowest BCUT2D eigenvalue weighted by molar-refractivity contribution is 0.262. The van der Waals surface area contributed by atoms with E-state index in [-0.39, 0.29) is 10.2 Å². The monoisotopic (exact) mass is 305 g/mol. The van der Waals surface area contributed by atoms with Gasteiger partial charge in [-0.1, -0.05) is 31.4 Å². The number of aryl methyl sites for hydroxylation is 1. The van der Waals surface area contributed by atoms with Gasteiger partial charge in [0.05, 0.1) is 6.33 Å². The van der Waals surface area contributed by atoms with E-state index in [9.17, 15) is 8.42 Å². The summed E-state index contributed by atoms with van der Waals surface area (Å²) in [7, 11) is -1.86. The Kier molecular flexibility index (Phi) is 4.53. The molecule has 1 aliphatic rings. The van der Waals surface area contributed by atoms with Crippen molar-refractivity contribution in [2.24, 2.45) is 13.0 Å². The van der Waals surface area contributed by atoms with Crippen LogP contribution in [0.3, 0.4) is 0 Å². The lowest BCUT2D eigenvalue weighted by Crippen LogP contribution is -2.38. The molecule has 0 atom stereocenters. The van der Waals surface area contributed by atoms with E-state index < -0.39 is 10.0 Å². The first-order chi connectivity index (χ1) is 8.96. The molecule has 1 aliphatic heterocycles. The summed E-state index contributed by atoms with van der Waals surface area (Å²) >= 11 is 5.99. The highest BCUT2D eigenvalue weighted by Gasteiger charge is 2.32. The fourth-order valence-electron chi connectivity index (χ4n) is 2.54. The summed E-state index contributed by atoms with van der Waals surface area (Å²) in [6.07, 6.45) is 5.62. The van der Waals surface area contributed by atoms with Crippen LogP contribution in [0.25, 0.3) is 0 Å². The van der Waals surface area contributed by atoms with Crippen LogP contribution in [0.1, 0.15) is 32.6 Å². The van der Waals surface area contributed by atoms with Crippen LogP contribution in [0, 0.1) is 5.92 Å². The van der Waals surface area contributed by atoms with Crippen molar-refractivity contribution in [3.8, 4) is 0 Å². The maximum Gasteiger partial charge on any atom is 0.263 e. The standard InChI is InChI=1S/C12H20ClN3O2S/c1-3-4-10-5-7-16(8-6-10)19(17,18)12-11(13)15(2)9-14-12/h9-10H,3-8H2,1-2H3. The molecule has 0 radical (unpaired) electrons. The van der Waals surface area contributed by atoms with Gasteiger partial charge in [-0.2, -0.15) is 4.31 Å². The predicted octanol–water partition coefficient (Wildman–Crippen LogP) is 2.27. The number of hydrogen-bond donors (Lipinski definition) is 0. The normalized spacial score (nSPS) is 18.9. The fourth-order valence-corrected chi connectivity index (χ4v) is 4.39. The Labute approximate surface area is 119 Å². The highest BCUT2D eigenvalue weighted by Crippen LogP contribution is 2.28. The Hall–Kier alpha value is -0.590. The third-order valence-electron chi connectivity index (χ3n) is 3.69. The van der Waals surface area contributed by atoms with Crippen molar-refractivity contribution in [1.82, 2.24) is 13.9 Å². The summed E-state index contributed by atoms with van der Waals surface area (Å²) in [5, 5.41) is 0.154. The molecule has 0 bridgehead atoms. The zero-order valence-corrected chi connectivity index (χ0v) is 12.9. The first-order valence-electron chi connectivity index (χ1n) is 6.63. The molecule has 1 aromatic rings. The summed E-state index contributed by atoms with van der Waals surface area (Å²) in [6.45, 7) is 3.30. The van der Waals surface area contributed by atoms with Gasteiger partial charge in [0.2, 0.25) is 5.03 Å². The molecule has 0 aromatic carbocycles. The highest BCUT2D eigenvalue weighted by molar-refractivity contribution is 7.89. The second kappa shape index (κ2) is 5.81. The molecule has 0 N–H and O–H groups in total. The molecule has 1 fully saturated rings. The van der Waals surface area contributed by atoms with Crippen LogP contribution in [0.5, 0.6) is 0 Å². The SMILES string of the molecule is CCCC1CCN(S(=O)(=O)c2ncn(C)c2Cl)CC1. The number of halogens is 1. The van der Waals surface area contributed by atoms with Crippen LogP contribution in [0.15, 0.2) is 11.4 Å². The number of sulfonamides is 1. The number of aromatic nitrogens is 2. The molecule has 1 aromatic heterocycles. The Morgan fingerprint density at radius 3 is 2.53 bits per heavy atom. The Morgan fingerprint density at radius 2 is 2.05 bits per heavy atom. The van der Waals surface area contributed by atoms with Crippen molar-refractivity contribution in [2.75, 3.05) is 13.1 Å². The number of nitrogens with zero attached hydrogens (tertiary/aromatic N) is 3. The van der Waals surface area contributed by atoms with E-state index in [0.717, 1.165) is 19.3 Å². The van der Waals surface area contributed by atoms with Gasteiger partial charge in [0.1, 0.15) is 5.15 Å². The van der Waals surface area contributed by atoms with E-state index in [1.165, 1.54) is 21.6 Å². The van der Waals surface area contributed by atoms with Crippen molar-refractivity contribution < 1.29 is 8.42 Å². The van der Waals surface area contributed by atoms with E-state index in [1.54, 1.807) is 7.05 Å². The second-order valence-electron chi connectivity index (χ2n) is 5.09. The molecule has 0 amide bonds. The molecule has 0 saturated carbocycles. The van der Waals surface area contributed by atoms with E-state index in [0.29, 0.717) is 19.0 Å². The maximum absolute atomic E-state index is 12.5. The minimum Gasteiger partial charge on any atom is -0.324 e. The summed E-state index contributed by atoms with van der Waals surface area (Å²) in [4.78, 5) is 3.92. The molecule has 0 unspecified atom stereocenters. The van der Waals surface area contributed by atoms with E-state index in [2.05, 4.69) is 11.9 Å². The molecule has 108 valence electrons. The Morgan fingerprint density at radius 1 is 1.42 bits per heavy atom. The fraction of sp³-hybridized carbons (Fsp3) is 0.750. The van der Waals surface area contributed by atoms with Crippen LogP contribution < -0.4 is 0 Å². The van der Waals surface area contributed by atoms with Gasteiger partial charge < -0.3 is 4.57 Å². The Bertz CT molecular complexity index is 533. The van der Waals surface area contributed by atoms with Crippen molar-refractivity contribution in [2.45, 2.75) is 37.6 Å². The van der Waals surface area contributed by atoms with Crippen molar-refractivity contribution in [1.29, 1.82) is 0 Å². The van der Waals surface area contributed by atoms with Crippen LogP contribution in [0.4, 0.5) is 0 Å². The highest BCUT2D eigenvalue weighted by atomic mass is 35.5. The molecule has 7 heteroatoms. The van der Waals surface area contributed by atoms with Crippen LogP contribution in [-0.2, 0) is 17.1 Å². The average molecular weight is 306 g/mol. The number of piperidine rings is 1. The number of rotatable bonds is 4. The molecule has 2 heterocycles. The topological polar surface area (TPSA) is 55.2 Å². The summed E-state index contributed by atoms with van der Waals surface area (Å²) in [6, 6.07) is 0. The third kappa shape index (κ3) is 2.95. The Balaban J connectivity index is 2.12. The molecule has 1 saturated heterocycles. The molecular formula is C12H20ClN3O2S. The van der Waals surface area contributed by atoms with Gasteiger partial charge in [-0.15, -0.1) is 0 Å². The van der Waals surface area contributed by atoms with Crippen LogP contribution in [-0.4, -0.2) is 35.4 Å². The minimum absolute atomic E-state index is 0.0226. The van der Waals surface area contributed by atoms with Crippen molar-refractivity contribution in [3.05, 3.63) is 11.5 Å². The zero-order valence-electron chi connectivity index (χ0n) is 11.3. The third-order valence-corrected chi connectivity index (χ3v) is 6.08. The van der Waals surface area contributed by atoms with Gasteiger partial charge in [-0.05, 0) is 18.8 Å². The molecule has 0 spiro atoms. The second-order valence-corrected chi connectivity index (χ2v) is 7.30. The van der Waals surface area contributed by atoms with Crippen molar-refractivity contribution in [3.63, 3.8) is 0 Å². The summed E-state index contributed by atoms with van der Waals surface area (Å²) in [5.74, 6) is 0.649. The lowest BCUT2D eigenvalue weighted by atomic mass is 9.94. The van der Waals surface area contributed by atoms with Crippen molar-refractivity contribution >= 4 is 21.6 Å². The molecule has 2 rings (SSSR count). The first-order valence-corrected chi connectivity index (χ1v) is 8.45. The maximum atomic E-state index is 12.5.